The van der Waals surface area contributed by atoms with Crippen molar-refractivity contribution < 1.29 is 24.6 Å². The molecule has 0 spiro atoms. The molecule has 4 rings (SSSR count). The summed E-state index contributed by atoms with van der Waals surface area (Å²) in [5, 5.41) is 25.2. The highest BCUT2D eigenvalue weighted by Gasteiger charge is 2.37. The molecule has 0 radical (unpaired) electrons. The van der Waals surface area contributed by atoms with E-state index < -0.39 is 17.7 Å². The summed E-state index contributed by atoms with van der Waals surface area (Å²) in [6, 6.07) is 30.9. The van der Waals surface area contributed by atoms with Gasteiger partial charge in [0.05, 0.1) is 6.20 Å². The number of benzene rings is 3. The molecule has 42 heavy (non-hydrogen) atoms. The van der Waals surface area contributed by atoms with Gasteiger partial charge in [-0.3, -0.25) is 9.48 Å². The lowest BCUT2D eigenvalue weighted by Gasteiger charge is -2.38. The first-order chi connectivity index (χ1) is 17.7. The van der Waals surface area contributed by atoms with Gasteiger partial charge in [-0.15, -0.1) is 0 Å². The third-order valence-electron chi connectivity index (χ3n) is 5.08. The van der Waals surface area contributed by atoms with Crippen LogP contribution in [0.2, 0.25) is 0 Å². The van der Waals surface area contributed by atoms with E-state index in [9.17, 15) is 4.79 Å². The van der Waals surface area contributed by atoms with E-state index in [-0.39, 0.29) is 37.1 Å². The molecule has 3 amide bonds. The normalized spacial score (nSPS) is 8.79. The fourth-order valence-electron chi connectivity index (χ4n) is 3.71. The summed E-state index contributed by atoms with van der Waals surface area (Å²) < 4.78 is 1.73. The molecule has 0 saturated carbocycles. The molecule has 232 valence electrons. The minimum absolute atomic E-state index is 0. The maximum Gasteiger partial charge on any atom is 0.402 e. The zero-order valence-electron chi connectivity index (χ0n) is 20.0. The van der Waals surface area contributed by atoms with Crippen LogP contribution in [0.4, 0.5) is 21.1 Å². The van der Waals surface area contributed by atoms with E-state index >= 15 is 0 Å². The van der Waals surface area contributed by atoms with E-state index in [1.807, 2.05) is 61.6 Å². The molecule has 4 aromatic rings. The number of aromatic nitrogens is 2. The lowest BCUT2D eigenvalue weighted by atomic mass is 9.77. The molecule has 1 heterocycles. The first-order valence-corrected chi connectivity index (χ1v) is 10.9. The maximum absolute atomic E-state index is 11.1. The minimum Gasteiger partial charge on any atom is -0.465 e. The molecule has 0 saturated heterocycles. The van der Waals surface area contributed by atoms with Crippen LogP contribution in [0, 0.1) is 0 Å². The summed E-state index contributed by atoms with van der Waals surface area (Å²) in [6.07, 6.45) is -0.361. The van der Waals surface area contributed by atoms with Crippen molar-refractivity contribution in [1.29, 1.82) is 0 Å². The summed E-state index contributed by atoms with van der Waals surface area (Å²) in [4.78, 5) is 28.7. The Labute approximate surface area is 250 Å². The van der Waals surface area contributed by atoms with Crippen molar-refractivity contribution in [3.63, 3.8) is 0 Å². The third kappa shape index (κ3) is 11.8. The molecular formula is C31H48N6O5. The highest BCUT2D eigenvalue weighted by molar-refractivity contribution is 5.80. The molecule has 1 aromatic heterocycles. The number of primary amides is 2. The monoisotopic (exact) mass is 584 g/mol. The number of nitrogens with zero attached hydrogens (tertiary/aromatic N) is 2. The summed E-state index contributed by atoms with van der Waals surface area (Å²) in [5.41, 5.74) is 11.2. The number of rotatable bonds is 7. The lowest BCUT2D eigenvalue weighted by molar-refractivity contribution is -0.105. The van der Waals surface area contributed by atoms with Crippen molar-refractivity contribution in [2.24, 2.45) is 18.5 Å². The minimum atomic E-state index is -1.33. The Bertz CT molecular complexity index is 1170. The van der Waals surface area contributed by atoms with Crippen molar-refractivity contribution in [2.75, 3.05) is 10.6 Å². The molecule has 3 aromatic carbocycles. The number of carbonyl (C=O) groups excluding carboxylic acids is 1. The maximum atomic E-state index is 11.1. The lowest BCUT2D eigenvalue weighted by Crippen LogP contribution is -2.39. The molecule has 0 aliphatic carbocycles. The van der Waals surface area contributed by atoms with E-state index in [1.165, 1.54) is 0 Å². The van der Waals surface area contributed by atoms with Gasteiger partial charge < -0.3 is 32.3 Å². The first-order valence-electron chi connectivity index (χ1n) is 10.9. The summed E-state index contributed by atoms with van der Waals surface area (Å²) in [6.45, 7) is 0. The van der Waals surface area contributed by atoms with Crippen molar-refractivity contribution in [1.82, 2.24) is 9.78 Å². The average molecular weight is 585 g/mol. The van der Waals surface area contributed by atoms with E-state index in [1.54, 1.807) is 10.9 Å². The fourth-order valence-corrected chi connectivity index (χ4v) is 3.71. The molecule has 11 heteroatoms. The van der Waals surface area contributed by atoms with Gasteiger partial charge >= 0.3 is 12.2 Å². The summed E-state index contributed by atoms with van der Waals surface area (Å²) in [7, 11) is 1.85. The van der Waals surface area contributed by atoms with Gasteiger partial charge in [0.1, 0.15) is 17.0 Å². The van der Waals surface area contributed by atoms with Crippen molar-refractivity contribution >= 4 is 30.1 Å². The smallest absolute Gasteiger partial charge is 0.402 e. The molecule has 0 aliphatic rings. The number of nitrogens with two attached hydrogens (primary N) is 2. The van der Waals surface area contributed by atoms with Gasteiger partial charge in [-0.1, -0.05) is 128 Å². The quantitative estimate of drug-likeness (QED) is 0.102. The Balaban J connectivity index is -0.000000498. The molecular weight excluding hydrogens is 536 g/mol. The number of nitrogens with one attached hydrogen (secondary N) is 2. The number of aryl methyl sites for hydroxylation is 1. The van der Waals surface area contributed by atoms with Crippen LogP contribution in [0.5, 0.6) is 0 Å². The molecule has 0 fully saturated rings. The number of anilines is 2. The number of hydrogen-bond donors (Lipinski definition) is 6. The van der Waals surface area contributed by atoms with Crippen LogP contribution in [0.15, 0.2) is 97.2 Å². The predicted molar refractivity (Wildman–Crippen MR) is 174 cm³/mol. The van der Waals surface area contributed by atoms with Gasteiger partial charge in [-0.05, 0) is 16.7 Å². The van der Waals surface area contributed by atoms with Crippen molar-refractivity contribution in [2.45, 2.75) is 42.7 Å². The number of hydrogen-bond acceptors (Lipinski definition) is 5. The van der Waals surface area contributed by atoms with Crippen LogP contribution in [0.25, 0.3) is 0 Å². The summed E-state index contributed by atoms with van der Waals surface area (Å²) in [5.74, 6) is 0.716. The fraction of sp³-hybridized carbons (Fsp3) is 0.226. The van der Waals surface area contributed by atoms with Crippen LogP contribution in [0.1, 0.15) is 53.8 Å². The van der Waals surface area contributed by atoms with Crippen LogP contribution < -0.4 is 22.1 Å². The van der Waals surface area contributed by atoms with E-state index in [2.05, 4.69) is 63.6 Å². The third-order valence-corrected chi connectivity index (χ3v) is 5.08. The van der Waals surface area contributed by atoms with Gasteiger partial charge in [-0.25, -0.2) is 9.59 Å². The molecule has 11 nitrogen and oxygen atoms in total. The second-order valence-electron chi connectivity index (χ2n) is 7.44. The molecule has 0 unspecified atom stereocenters. The Hall–Kier alpha value is -5.32. The van der Waals surface area contributed by atoms with Crippen molar-refractivity contribution in [3.8, 4) is 0 Å². The summed E-state index contributed by atoms with van der Waals surface area (Å²) >= 11 is 0. The Morgan fingerprint density at radius 2 is 1.05 bits per heavy atom. The van der Waals surface area contributed by atoms with Gasteiger partial charge in [0.15, 0.2) is 0 Å². The Morgan fingerprint density at radius 3 is 1.33 bits per heavy atom. The van der Waals surface area contributed by atoms with Crippen molar-refractivity contribution in [3.05, 3.63) is 114 Å². The van der Waals surface area contributed by atoms with Crippen LogP contribution >= 0.6 is 0 Å². The first kappa shape index (κ1) is 43.7. The Morgan fingerprint density at radius 1 is 0.738 bits per heavy atom. The SMILES string of the molecule is C.C.C.C.C.Cn1ncc(NC=O)c1NC(c1ccccc1)(c1ccccc1)c1ccccc1.NC(=O)O.NC(=O)O. The van der Waals surface area contributed by atoms with E-state index in [0.29, 0.717) is 17.9 Å². The molecule has 8 N–H and O–H groups in total. The van der Waals surface area contributed by atoms with Crippen LogP contribution in [-0.4, -0.2) is 38.6 Å². The van der Waals surface area contributed by atoms with Gasteiger partial charge in [0.25, 0.3) is 0 Å². The van der Waals surface area contributed by atoms with Crippen LogP contribution in [0.3, 0.4) is 0 Å². The number of amides is 3. The number of carbonyl (C=O) groups is 3. The van der Waals surface area contributed by atoms with Gasteiger partial charge in [0.2, 0.25) is 6.41 Å². The predicted octanol–water partition coefficient (Wildman–Crippen LogP) is 6.82. The highest BCUT2D eigenvalue weighted by atomic mass is 16.4. The zero-order chi connectivity index (χ0) is 27.3. The Kier molecular flexibility index (Phi) is 22.4. The topological polar surface area (TPSA) is 186 Å². The average Bonchev–Trinajstić information content (AvgIpc) is 3.22. The standard InChI is InChI=1S/C24H22N4O.2CH3NO2.5CH4/c1-28-23(22(17-26-28)25-18-29)27-24(19-11-5-2-6-12-19,20-13-7-3-8-14-20)21-15-9-4-10-16-21;2*2-1(3)4;;;;;/h2-18,27H,1H3,(H,25,29);2*2H2,(H,3,4);5*1H4. The van der Waals surface area contributed by atoms with E-state index in [4.69, 9.17) is 19.8 Å². The molecule has 0 aliphatic heterocycles. The van der Waals surface area contributed by atoms with Crippen LogP contribution in [-0.2, 0) is 17.4 Å². The zero-order valence-corrected chi connectivity index (χ0v) is 20.0. The van der Waals surface area contributed by atoms with Gasteiger partial charge in [-0.2, -0.15) is 5.10 Å². The number of carboxylic acid groups (broad SMARTS) is 2. The van der Waals surface area contributed by atoms with Gasteiger partial charge in [0, 0.05) is 7.05 Å². The second kappa shape index (κ2) is 21.5. The highest BCUT2D eigenvalue weighted by Crippen LogP contribution is 2.41. The molecule has 0 bridgehead atoms. The second-order valence-corrected chi connectivity index (χ2v) is 7.44. The largest absolute Gasteiger partial charge is 0.465 e. The van der Waals surface area contributed by atoms with E-state index in [0.717, 1.165) is 16.7 Å². The molecule has 0 atom stereocenters.